The van der Waals surface area contributed by atoms with E-state index in [-0.39, 0.29) is 35.5 Å². The van der Waals surface area contributed by atoms with Crippen molar-refractivity contribution in [3.63, 3.8) is 0 Å². The van der Waals surface area contributed by atoms with Gasteiger partial charge in [0.15, 0.2) is 0 Å². The number of benzene rings is 2. The Balaban J connectivity index is 1.86. The summed E-state index contributed by atoms with van der Waals surface area (Å²) in [6.45, 7) is 0. The van der Waals surface area contributed by atoms with Gasteiger partial charge in [-0.15, -0.1) is 0 Å². The molecule has 2 atom stereocenters. The van der Waals surface area contributed by atoms with Crippen LogP contribution in [0.1, 0.15) is 34.1 Å². The van der Waals surface area contributed by atoms with Crippen molar-refractivity contribution in [3.05, 3.63) is 70.8 Å². The van der Waals surface area contributed by atoms with Gasteiger partial charge in [0.1, 0.15) is 0 Å². The zero-order valence-electron chi connectivity index (χ0n) is 12.2. The zero-order chi connectivity index (χ0) is 15.0. The molecular weight excluding hydrogens is 274 g/mol. The van der Waals surface area contributed by atoms with E-state index in [4.69, 9.17) is 0 Å². The second-order valence-corrected chi connectivity index (χ2v) is 6.50. The van der Waals surface area contributed by atoms with Gasteiger partial charge in [-0.05, 0) is 22.3 Å². The number of nitrogens with zero attached hydrogens (tertiary/aromatic N) is 1. The van der Waals surface area contributed by atoms with Crippen LogP contribution in [0.3, 0.4) is 0 Å². The molecule has 1 saturated heterocycles. The summed E-state index contributed by atoms with van der Waals surface area (Å²) < 4.78 is 0. The minimum atomic E-state index is -0.229. The van der Waals surface area contributed by atoms with Gasteiger partial charge in [0, 0.05) is 18.9 Å². The van der Waals surface area contributed by atoms with Crippen LogP contribution in [0, 0.1) is 11.8 Å². The van der Waals surface area contributed by atoms with E-state index in [9.17, 15) is 9.59 Å². The molecule has 22 heavy (non-hydrogen) atoms. The number of hydrogen-bond donors (Lipinski definition) is 0. The van der Waals surface area contributed by atoms with E-state index in [0.29, 0.717) is 0 Å². The van der Waals surface area contributed by atoms with Crippen molar-refractivity contribution in [1.82, 2.24) is 4.90 Å². The molecule has 1 aliphatic heterocycles. The number of carbonyl (C=O) groups excluding carboxylic acids is 2. The van der Waals surface area contributed by atoms with Crippen LogP contribution in [0.4, 0.5) is 0 Å². The highest BCUT2D eigenvalue weighted by molar-refractivity contribution is 6.07. The quantitative estimate of drug-likeness (QED) is 0.699. The zero-order valence-corrected chi connectivity index (χ0v) is 12.2. The number of hydrogen-bond acceptors (Lipinski definition) is 2. The van der Waals surface area contributed by atoms with Crippen molar-refractivity contribution in [2.75, 3.05) is 7.05 Å². The highest BCUT2D eigenvalue weighted by Gasteiger charge is 2.60. The van der Waals surface area contributed by atoms with Crippen LogP contribution in [-0.4, -0.2) is 23.8 Å². The third kappa shape index (κ3) is 1.20. The fraction of sp³-hybridized carbons (Fsp3) is 0.263. The second kappa shape index (κ2) is 3.86. The van der Waals surface area contributed by atoms with Crippen LogP contribution in [0.15, 0.2) is 48.5 Å². The van der Waals surface area contributed by atoms with Gasteiger partial charge in [0.2, 0.25) is 11.8 Å². The lowest BCUT2D eigenvalue weighted by Crippen LogP contribution is -2.41. The SMILES string of the molecule is CN1C(=O)C2C3c4ccccc4C(c4ccccc43)[C@@H]2C1=O. The van der Waals surface area contributed by atoms with Crippen LogP contribution in [0.25, 0.3) is 0 Å². The standard InChI is InChI=1S/C19H15NO2/c1-20-18(21)16-14-10-6-2-3-7-11(10)15(17(16)19(20)22)13-9-5-4-8-12(13)14/h2-9,14-17H,1H3/t14?,15?,16-,17?/m0/s1. The van der Waals surface area contributed by atoms with Gasteiger partial charge < -0.3 is 0 Å². The van der Waals surface area contributed by atoms with E-state index in [1.54, 1.807) is 7.05 Å². The highest BCUT2D eigenvalue weighted by atomic mass is 16.2. The first-order valence-electron chi connectivity index (χ1n) is 7.69. The van der Waals surface area contributed by atoms with Gasteiger partial charge in [-0.1, -0.05) is 48.5 Å². The van der Waals surface area contributed by atoms with Gasteiger partial charge in [-0.3, -0.25) is 14.5 Å². The summed E-state index contributed by atoms with van der Waals surface area (Å²) in [6, 6.07) is 16.6. The van der Waals surface area contributed by atoms with Crippen LogP contribution in [0.2, 0.25) is 0 Å². The largest absolute Gasteiger partial charge is 0.285 e. The van der Waals surface area contributed by atoms with Gasteiger partial charge >= 0.3 is 0 Å². The Kier molecular flexibility index (Phi) is 2.13. The molecule has 4 aliphatic rings. The topological polar surface area (TPSA) is 37.4 Å². The Morgan fingerprint density at radius 3 is 1.32 bits per heavy atom. The fourth-order valence-corrected chi connectivity index (χ4v) is 4.83. The molecule has 2 bridgehead atoms. The van der Waals surface area contributed by atoms with Gasteiger partial charge in [0.05, 0.1) is 11.8 Å². The second-order valence-electron chi connectivity index (χ2n) is 6.50. The molecule has 1 unspecified atom stereocenters. The molecule has 0 aromatic heterocycles. The van der Waals surface area contributed by atoms with Crippen molar-refractivity contribution in [3.8, 4) is 0 Å². The number of likely N-dealkylation sites (tertiary alicyclic amines) is 1. The Morgan fingerprint density at radius 2 is 1.00 bits per heavy atom. The predicted octanol–water partition coefficient (Wildman–Crippen LogP) is 2.51. The average molecular weight is 289 g/mol. The molecule has 0 N–H and O–H groups in total. The Hall–Kier alpha value is -2.42. The molecule has 3 heteroatoms. The molecule has 3 aliphatic carbocycles. The minimum Gasteiger partial charge on any atom is -0.285 e. The molecular formula is C19H15NO2. The maximum absolute atomic E-state index is 12.7. The van der Waals surface area contributed by atoms with Gasteiger partial charge in [-0.2, -0.15) is 0 Å². The van der Waals surface area contributed by atoms with E-state index >= 15 is 0 Å². The monoisotopic (exact) mass is 289 g/mol. The van der Waals surface area contributed by atoms with Crippen molar-refractivity contribution in [2.24, 2.45) is 11.8 Å². The van der Waals surface area contributed by atoms with Crippen LogP contribution < -0.4 is 0 Å². The summed E-state index contributed by atoms with van der Waals surface area (Å²) in [6.07, 6.45) is 0. The maximum Gasteiger partial charge on any atom is 0.233 e. The van der Waals surface area contributed by atoms with Crippen molar-refractivity contribution < 1.29 is 9.59 Å². The normalized spacial score (nSPS) is 31.0. The summed E-state index contributed by atoms with van der Waals surface area (Å²) in [7, 11) is 1.62. The lowest BCUT2D eigenvalue weighted by molar-refractivity contribution is -0.138. The lowest BCUT2D eigenvalue weighted by atomic mass is 9.55. The molecule has 2 aromatic rings. The van der Waals surface area contributed by atoms with Crippen molar-refractivity contribution in [2.45, 2.75) is 11.8 Å². The number of rotatable bonds is 0. The molecule has 0 radical (unpaired) electrons. The number of carbonyl (C=O) groups is 2. The van der Waals surface area contributed by atoms with E-state index in [1.807, 2.05) is 24.3 Å². The molecule has 6 rings (SSSR count). The highest BCUT2D eigenvalue weighted by Crippen LogP contribution is 2.60. The van der Waals surface area contributed by atoms with Crippen LogP contribution >= 0.6 is 0 Å². The number of imide groups is 1. The Morgan fingerprint density at radius 1 is 0.682 bits per heavy atom. The third-order valence-electron chi connectivity index (χ3n) is 5.67. The van der Waals surface area contributed by atoms with E-state index < -0.39 is 0 Å². The molecule has 2 amide bonds. The fourth-order valence-electron chi connectivity index (χ4n) is 4.83. The van der Waals surface area contributed by atoms with Crippen molar-refractivity contribution >= 4 is 11.8 Å². The molecule has 2 aromatic carbocycles. The maximum atomic E-state index is 12.7. The first-order valence-corrected chi connectivity index (χ1v) is 7.69. The summed E-state index contributed by atoms with van der Waals surface area (Å²) in [4.78, 5) is 26.7. The smallest absolute Gasteiger partial charge is 0.233 e. The first kappa shape index (κ1) is 12.2. The molecule has 3 nitrogen and oxygen atoms in total. The first-order chi connectivity index (χ1) is 10.7. The average Bonchev–Trinajstić information content (AvgIpc) is 2.80. The van der Waals surface area contributed by atoms with E-state index in [1.165, 1.54) is 27.2 Å². The molecule has 1 fully saturated rings. The summed E-state index contributed by atoms with van der Waals surface area (Å²) in [5, 5.41) is 0. The molecule has 0 spiro atoms. The van der Waals surface area contributed by atoms with E-state index in [2.05, 4.69) is 24.3 Å². The predicted molar refractivity (Wildman–Crippen MR) is 81.3 cm³/mol. The van der Waals surface area contributed by atoms with Gasteiger partial charge in [-0.25, -0.2) is 0 Å². The summed E-state index contributed by atoms with van der Waals surface area (Å²) in [5.74, 6) is -0.463. The molecule has 0 saturated carbocycles. The van der Waals surface area contributed by atoms with Gasteiger partial charge in [0.25, 0.3) is 0 Å². The van der Waals surface area contributed by atoms with Crippen LogP contribution in [-0.2, 0) is 9.59 Å². The lowest BCUT2D eigenvalue weighted by Gasteiger charge is -2.45. The summed E-state index contributed by atoms with van der Waals surface area (Å²) in [5.41, 5.74) is 4.90. The van der Waals surface area contributed by atoms with E-state index in [0.717, 1.165) is 0 Å². The minimum absolute atomic E-state index is 0.0174. The third-order valence-corrected chi connectivity index (χ3v) is 5.67. The number of amides is 2. The summed E-state index contributed by atoms with van der Waals surface area (Å²) >= 11 is 0. The molecule has 108 valence electrons. The van der Waals surface area contributed by atoms with Crippen molar-refractivity contribution in [1.29, 1.82) is 0 Å². The Bertz CT molecular complexity index is 725. The molecule has 1 heterocycles. The Labute approximate surface area is 128 Å². The van der Waals surface area contributed by atoms with Crippen LogP contribution in [0.5, 0.6) is 0 Å².